The van der Waals surface area contributed by atoms with Crippen molar-refractivity contribution in [2.24, 2.45) is 0 Å². The van der Waals surface area contributed by atoms with Gasteiger partial charge in [0, 0.05) is 12.6 Å². The Kier molecular flexibility index (Phi) is 6.55. The zero-order chi connectivity index (χ0) is 14.4. The summed E-state index contributed by atoms with van der Waals surface area (Å²) in [4.78, 5) is 17.9. The van der Waals surface area contributed by atoms with Gasteiger partial charge in [0.1, 0.15) is 5.15 Å². The summed E-state index contributed by atoms with van der Waals surface area (Å²) in [7, 11) is 0. The van der Waals surface area contributed by atoms with Gasteiger partial charge in [-0.05, 0) is 32.5 Å². The molecule has 0 unspecified atom stereocenters. The van der Waals surface area contributed by atoms with Crippen molar-refractivity contribution in [2.45, 2.75) is 33.4 Å². The average molecular weight is 304 g/mol. The molecule has 0 fully saturated rings. The minimum atomic E-state index is -0.00463. The molecule has 0 aliphatic carbocycles. The van der Waals surface area contributed by atoms with Crippen molar-refractivity contribution in [2.75, 3.05) is 13.1 Å². The van der Waals surface area contributed by atoms with Crippen molar-refractivity contribution in [1.29, 1.82) is 0 Å². The van der Waals surface area contributed by atoms with Gasteiger partial charge in [-0.1, -0.05) is 30.1 Å². The third kappa shape index (κ3) is 5.76. The van der Waals surface area contributed by atoms with E-state index in [9.17, 15) is 4.79 Å². The van der Waals surface area contributed by atoms with Gasteiger partial charge in [0.25, 0.3) is 0 Å². The number of likely N-dealkylation sites (N-methyl/N-ethyl adjacent to an activating group) is 1. The molecule has 0 spiro atoms. The highest BCUT2D eigenvalue weighted by atomic mass is 35.5. The second kappa shape index (κ2) is 7.68. The van der Waals surface area contributed by atoms with Crippen LogP contribution in [0.25, 0.3) is 0 Å². The molecule has 19 heavy (non-hydrogen) atoms. The summed E-state index contributed by atoms with van der Waals surface area (Å²) in [6.07, 6.45) is 0. The van der Waals surface area contributed by atoms with Crippen LogP contribution in [0.15, 0.2) is 12.1 Å². The fourth-order valence-corrected chi connectivity index (χ4v) is 1.96. The number of carbonyl (C=O) groups is 1. The molecule has 1 rings (SSSR count). The Morgan fingerprint density at radius 3 is 2.68 bits per heavy atom. The molecule has 0 aromatic carbocycles. The summed E-state index contributed by atoms with van der Waals surface area (Å²) in [5.74, 6) is -0.00463. The minimum absolute atomic E-state index is 0.00463. The maximum absolute atomic E-state index is 11.7. The van der Waals surface area contributed by atoms with Crippen molar-refractivity contribution in [1.82, 2.24) is 15.2 Å². The Morgan fingerprint density at radius 2 is 2.11 bits per heavy atom. The summed E-state index contributed by atoms with van der Waals surface area (Å²) in [5, 5.41) is 3.83. The quantitative estimate of drug-likeness (QED) is 0.822. The zero-order valence-electron chi connectivity index (χ0n) is 11.4. The lowest BCUT2D eigenvalue weighted by molar-refractivity contribution is -0.122. The van der Waals surface area contributed by atoms with Gasteiger partial charge in [-0.2, -0.15) is 0 Å². The molecule has 1 heterocycles. The highest BCUT2D eigenvalue weighted by molar-refractivity contribution is 6.32. The van der Waals surface area contributed by atoms with Crippen LogP contribution in [-0.2, 0) is 11.3 Å². The van der Waals surface area contributed by atoms with Gasteiger partial charge in [0.15, 0.2) is 0 Å². The number of aromatic nitrogens is 1. The number of carbonyl (C=O) groups excluding carboxylic acids is 1. The van der Waals surface area contributed by atoms with E-state index < -0.39 is 0 Å². The van der Waals surface area contributed by atoms with E-state index in [-0.39, 0.29) is 11.9 Å². The lowest BCUT2D eigenvalue weighted by Crippen LogP contribution is -2.39. The van der Waals surface area contributed by atoms with Crippen LogP contribution in [0, 0.1) is 0 Å². The number of amides is 1. The number of halogens is 2. The smallest absolute Gasteiger partial charge is 0.234 e. The monoisotopic (exact) mass is 303 g/mol. The maximum atomic E-state index is 11.7. The average Bonchev–Trinajstić information content (AvgIpc) is 2.31. The van der Waals surface area contributed by atoms with Gasteiger partial charge in [0.05, 0.1) is 17.3 Å². The van der Waals surface area contributed by atoms with E-state index in [1.165, 1.54) is 0 Å². The molecule has 1 amide bonds. The molecule has 0 atom stereocenters. The molecule has 6 heteroatoms. The van der Waals surface area contributed by atoms with Gasteiger partial charge in [0.2, 0.25) is 5.91 Å². The van der Waals surface area contributed by atoms with Gasteiger partial charge in [-0.3, -0.25) is 9.69 Å². The highest BCUT2D eigenvalue weighted by Gasteiger charge is 2.13. The number of nitrogens with zero attached hydrogens (tertiary/aromatic N) is 2. The summed E-state index contributed by atoms with van der Waals surface area (Å²) in [6, 6.07) is 3.50. The molecule has 0 saturated heterocycles. The minimum Gasteiger partial charge on any atom is -0.353 e. The van der Waals surface area contributed by atoms with E-state index in [0.717, 1.165) is 6.54 Å². The third-order valence-corrected chi connectivity index (χ3v) is 3.08. The van der Waals surface area contributed by atoms with Crippen LogP contribution in [0.4, 0.5) is 0 Å². The molecule has 0 aliphatic rings. The first-order chi connectivity index (χ1) is 8.92. The van der Waals surface area contributed by atoms with Crippen molar-refractivity contribution in [3.05, 3.63) is 28.0 Å². The van der Waals surface area contributed by atoms with Gasteiger partial charge >= 0.3 is 0 Å². The van der Waals surface area contributed by atoms with Crippen LogP contribution in [0.1, 0.15) is 26.5 Å². The number of nitrogens with one attached hydrogen (secondary N) is 1. The number of hydrogen-bond donors (Lipinski definition) is 1. The van der Waals surface area contributed by atoms with Gasteiger partial charge in [-0.25, -0.2) is 4.98 Å². The number of hydrogen-bond acceptors (Lipinski definition) is 3. The molecule has 0 saturated carbocycles. The largest absolute Gasteiger partial charge is 0.353 e. The van der Waals surface area contributed by atoms with Crippen LogP contribution >= 0.6 is 23.2 Å². The second-order valence-electron chi connectivity index (χ2n) is 4.59. The van der Waals surface area contributed by atoms with Gasteiger partial charge < -0.3 is 5.32 Å². The van der Waals surface area contributed by atoms with E-state index in [1.54, 1.807) is 12.1 Å². The third-order valence-electron chi connectivity index (χ3n) is 2.52. The predicted molar refractivity (Wildman–Crippen MR) is 78.5 cm³/mol. The van der Waals surface area contributed by atoms with E-state index >= 15 is 0 Å². The number of pyridine rings is 1. The van der Waals surface area contributed by atoms with Crippen molar-refractivity contribution >= 4 is 29.1 Å². The summed E-state index contributed by atoms with van der Waals surface area (Å²) in [6.45, 7) is 7.41. The lowest BCUT2D eigenvalue weighted by Gasteiger charge is -2.20. The Labute approximate surface area is 124 Å². The van der Waals surface area contributed by atoms with Crippen LogP contribution in [0.2, 0.25) is 10.2 Å². The van der Waals surface area contributed by atoms with E-state index in [2.05, 4.69) is 10.3 Å². The van der Waals surface area contributed by atoms with Gasteiger partial charge in [-0.15, -0.1) is 0 Å². The molecule has 1 N–H and O–H groups in total. The standard InChI is InChI=1S/C13H19Cl2N3O/c1-4-18(8-13(19)16-9(2)3)7-11-10(14)5-6-12(15)17-11/h5-6,9H,4,7-8H2,1-3H3,(H,16,19). The summed E-state index contributed by atoms with van der Waals surface area (Å²) < 4.78 is 0. The van der Waals surface area contributed by atoms with Crippen LogP contribution in [0.3, 0.4) is 0 Å². The van der Waals surface area contributed by atoms with E-state index in [1.807, 2.05) is 25.7 Å². The summed E-state index contributed by atoms with van der Waals surface area (Å²) >= 11 is 11.9. The molecule has 106 valence electrons. The van der Waals surface area contributed by atoms with Crippen LogP contribution in [-0.4, -0.2) is 34.9 Å². The van der Waals surface area contributed by atoms with E-state index in [0.29, 0.717) is 29.0 Å². The molecular weight excluding hydrogens is 285 g/mol. The normalized spacial score (nSPS) is 11.1. The SMILES string of the molecule is CCN(CC(=O)NC(C)C)Cc1nc(Cl)ccc1Cl. The Hall–Kier alpha value is -0.840. The van der Waals surface area contributed by atoms with Crippen molar-refractivity contribution in [3.8, 4) is 0 Å². The molecular formula is C13H19Cl2N3O. The first-order valence-electron chi connectivity index (χ1n) is 6.25. The predicted octanol–water partition coefficient (Wildman–Crippen LogP) is 2.73. The number of rotatable bonds is 6. The van der Waals surface area contributed by atoms with Crippen LogP contribution in [0.5, 0.6) is 0 Å². The topological polar surface area (TPSA) is 45.2 Å². The maximum Gasteiger partial charge on any atom is 0.234 e. The van der Waals surface area contributed by atoms with E-state index in [4.69, 9.17) is 23.2 Å². The van der Waals surface area contributed by atoms with Crippen molar-refractivity contribution < 1.29 is 4.79 Å². The molecule has 0 radical (unpaired) electrons. The zero-order valence-corrected chi connectivity index (χ0v) is 12.9. The molecule has 1 aromatic rings. The molecule has 1 aromatic heterocycles. The first kappa shape index (κ1) is 16.2. The lowest BCUT2D eigenvalue weighted by atomic mass is 10.3. The Bertz CT molecular complexity index is 438. The second-order valence-corrected chi connectivity index (χ2v) is 5.38. The fourth-order valence-electron chi connectivity index (χ4n) is 1.63. The first-order valence-corrected chi connectivity index (χ1v) is 7.00. The van der Waals surface area contributed by atoms with Crippen LogP contribution < -0.4 is 5.32 Å². The van der Waals surface area contributed by atoms with Crippen molar-refractivity contribution in [3.63, 3.8) is 0 Å². The molecule has 4 nitrogen and oxygen atoms in total. The fraction of sp³-hybridized carbons (Fsp3) is 0.538. The summed E-state index contributed by atoms with van der Waals surface area (Å²) in [5.41, 5.74) is 0.688. The Morgan fingerprint density at radius 1 is 1.42 bits per heavy atom. The molecule has 0 bridgehead atoms. The Balaban J connectivity index is 2.66. The highest BCUT2D eigenvalue weighted by Crippen LogP contribution is 2.18. The molecule has 0 aliphatic heterocycles.